The number of nitrogens with one attached hydrogen (secondary N) is 1. The maximum Gasteiger partial charge on any atom is 0.341 e. The van der Waals surface area contributed by atoms with Gasteiger partial charge in [-0.15, -0.1) is 5.10 Å². The van der Waals surface area contributed by atoms with Crippen LogP contribution < -0.4 is 14.8 Å². The number of methoxy groups -OCH3 is 3. The van der Waals surface area contributed by atoms with Crippen LogP contribution in [0.5, 0.6) is 11.5 Å². The average Bonchev–Trinajstić information content (AvgIpc) is 3.48. The van der Waals surface area contributed by atoms with E-state index < -0.39 is 5.97 Å². The molecule has 1 atom stereocenters. The maximum absolute atomic E-state index is 12.0. The zero-order valence-corrected chi connectivity index (χ0v) is 19.9. The SMILES string of the molecule is COC(=O)c1ccoc1CNC(CCc1ccc(OC)c(OC)c1)c1nnnn1C(C)(C)C. The number of aryl methyl sites for hydroxylation is 1. The molecule has 0 spiro atoms. The Morgan fingerprint density at radius 3 is 2.58 bits per heavy atom. The lowest BCUT2D eigenvalue weighted by Crippen LogP contribution is -2.31. The molecule has 0 saturated heterocycles. The molecule has 10 nitrogen and oxygen atoms in total. The molecule has 0 bridgehead atoms. The maximum atomic E-state index is 12.0. The second kappa shape index (κ2) is 10.5. The lowest BCUT2D eigenvalue weighted by Gasteiger charge is -2.24. The van der Waals surface area contributed by atoms with Gasteiger partial charge in [-0.05, 0) is 67.8 Å². The third-order valence-corrected chi connectivity index (χ3v) is 5.27. The summed E-state index contributed by atoms with van der Waals surface area (Å²) >= 11 is 0. The van der Waals surface area contributed by atoms with Crippen LogP contribution in [0.2, 0.25) is 0 Å². The molecule has 0 aliphatic rings. The number of ether oxygens (including phenoxy) is 3. The molecule has 1 N–H and O–H groups in total. The molecular formula is C23H31N5O5. The fourth-order valence-electron chi connectivity index (χ4n) is 3.54. The highest BCUT2D eigenvalue weighted by Gasteiger charge is 2.26. The van der Waals surface area contributed by atoms with Crippen molar-refractivity contribution in [2.45, 2.75) is 51.7 Å². The highest BCUT2D eigenvalue weighted by Crippen LogP contribution is 2.29. The molecule has 0 radical (unpaired) electrons. The van der Waals surface area contributed by atoms with Crippen LogP contribution in [0.1, 0.15) is 60.7 Å². The number of carbonyl (C=O) groups is 1. The van der Waals surface area contributed by atoms with Crippen molar-refractivity contribution in [2.24, 2.45) is 0 Å². The highest BCUT2D eigenvalue weighted by molar-refractivity contribution is 5.90. The Morgan fingerprint density at radius 2 is 1.91 bits per heavy atom. The molecule has 3 rings (SSSR count). The van der Waals surface area contributed by atoms with Gasteiger partial charge in [0.15, 0.2) is 17.3 Å². The van der Waals surface area contributed by atoms with Crippen molar-refractivity contribution in [3.05, 3.63) is 53.2 Å². The second-order valence-corrected chi connectivity index (χ2v) is 8.53. The summed E-state index contributed by atoms with van der Waals surface area (Å²) in [6.07, 6.45) is 2.90. The minimum atomic E-state index is -0.443. The van der Waals surface area contributed by atoms with E-state index in [1.54, 1.807) is 20.3 Å². The van der Waals surface area contributed by atoms with Gasteiger partial charge in [-0.1, -0.05) is 6.07 Å². The van der Waals surface area contributed by atoms with Crippen molar-refractivity contribution in [1.29, 1.82) is 0 Å². The Kier molecular flexibility index (Phi) is 7.70. The summed E-state index contributed by atoms with van der Waals surface area (Å²) in [6, 6.07) is 7.25. The largest absolute Gasteiger partial charge is 0.493 e. The predicted molar refractivity (Wildman–Crippen MR) is 120 cm³/mol. The van der Waals surface area contributed by atoms with Crippen LogP contribution in [-0.2, 0) is 23.2 Å². The number of nitrogens with zero attached hydrogens (tertiary/aromatic N) is 4. The topological polar surface area (TPSA) is 114 Å². The van der Waals surface area contributed by atoms with Gasteiger partial charge in [0.25, 0.3) is 0 Å². The number of aromatic nitrogens is 4. The number of tetrazole rings is 1. The lowest BCUT2D eigenvalue weighted by atomic mass is 10.0. The van der Waals surface area contributed by atoms with Gasteiger partial charge in [-0.25, -0.2) is 9.48 Å². The van der Waals surface area contributed by atoms with E-state index in [-0.39, 0.29) is 11.6 Å². The highest BCUT2D eigenvalue weighted by atomic mass is 16.5. The molecule has 0 amide bonds. The molecule has 0 aliphatic carbocycles. The van der Waals surface area contributed by atoms with Gasteiger partial charge in [0, 0.05) is 0 Å². The van der Waals surface area contributed by atoms with E-state index in [2.05, 4.69) is 20.8 Å². The van der Waals surface area contributed by atoms with Crippen LogP contribution in [-0.4, -0.2) is 47.5 Å². The summed E-state index contributed by atoms with van der Waals surface area (Å²) < 4.78 is 22.9. The molecule has 3 aromatic rings. The summed E-state index contributed by atoms with van der Waals surface area (Å²) in [5.41, 5.74) is 1.17. The molecule has 2 aromatic heterocycles. The zero-order chi connectivity index (χ0) is 24.0. The van der Waals surface area contributed by atoms with E-state index in [4.69, 9.17) is 18.6 Å². The monoisotopic (exact) mass is 457 g/mol. The Balaban J connectivity index is 1.83. The van der Waals surface area contributed by atoms with E-state index >= 15 is 0 Å². The van der Waals surface area contributed by atoms with Gasteiger partial charge in [-0.2, -0.15) is 0 Å². The predicted octanol–water partition coefficient (Wildman–Crippen LogP) is 3.29. The normalized spacial score (nSPS) is 12.4. The number of carbonyl (C=O) groups excluding carboxylic acids is 1. The molecule has 0 fully saturated rings. The van der Waals surface area contributed by atoms with E-state index in [1.807, 2.05) is 43.7 Å². The van der Waals surface area contributed by atoms with Gasteiger partial charge in [0.1, 0.15) is 11.3 Å². The van der Waals surface area contributed by atoms with Crippen molar-refractivity contribution < 1.29 is 23.4 Å². The smallest absolute Gasteiger partial charge is 0.341 e. The number of rotatable bonds is 10. The minimum absolute atomic E-state index is 0.206. The van der Waals surface area contributed by atoms with Crippen LogP contribution >= 0.6 is 0 Å². The van der Waals surface area contributed by atoms with Crippen LogP contribution in [0.25, 0.3) is 0 Å². The molecule has 178 valence electrons. The van der Waals surface area contributed by atoms with Crippen molar-refractivity contribution in [1.82, 2.24) is 25.5 Å². The first-order chi connectivity index (χ1) is 15.8. The van der Waals surface area contributed by atoms with Crippen LogP contribution in [0, 0.1) is 0 Å². The molecule has 10 heteroatoms. The van der Waals surface area contributed by atoms with Gasteiger partial charge in [0.2, 0.25) is 0 Å². The Hall–Kier alpha value is -3.40. The van der Waals surface area contributed by atoms with Gasteiger partial charge in [0.05, 0.1) is 45.7 Å². The Labute approximate surface area is 193 Å². The first-order valence-corrected chi connectivity index (χ1v) is 10.7. The number of esters is 1. The Bertz CT molecular complexity index is 1070. The number of hydrogen-bond donors (Lipinski definition) is 1. The number of hydrogen-bond acceptors (Lipinski definition) is 9. The summed E-state index contributed by atoms with van der Waals surface area (Å²) in [6.45, 7) is 6.44. The van der Waals surface area contributed by atoms with Gasteiger partial charge >= 0.3 is 5.97 Å². The molecule has 0 aliphatic heterocycles. The zero-order valence-electron chi connectivity index (χ0n) is 19.9. The standard InChI is InChI=1S/C23H31N5O5/c1-23(2,3)28-21(25-26-27-28)17(24-14-20-16(11-12-33-20)22(29)32-6)9-7-15-8-10-18(30-4)19(13-15)31-5/h8,10-13,17,24H,7,9,14H2,1-6H3. The van der Waals surface area contributed by atoms with E-state index in [1.165, 1.54) is 13.4 Å². The van der Waals surface area contributed by atoms with Crippen LogP contribution in [0.15, 0.2) is 34.9 Å². The summed E-state index contributed by atoms with van der Waals surface area (Å²) in [5, 5.41) is 15.9. The van der Waals surface area contributed by atoms with Crippen LogP contribution in [0.3, 0.4) is 0 Å². The van der Waals surface area contributed by atoms with Gasteiger partial charge < -0.3 is 23.9 Å². The Morgan fingerprint density at radius 1 is 1.15 bits per heavy atom. The van der Waals surface area contributed by atoms with Crippen molar-refractivity contribution in [3.8, 4) is 11.5 Å². The van der Waals surface area contributed by atoms with E-state index in [0.717, 1.165) is 12.0 Å². The number of benzene rings is 1. The third-order valence-electron chi connectivity index (χ3n) is 5.27. The molecule has 33 heavy (non-hydrogen) atoms. The molecule has 2 heterocycles. The van der Waals surface area contributed by atoms with E-state index in [0.29, 0.717) is 41.6 Å². The van der Waals surface area contributed by atoms with Crippen molar-refractivity contribution in [2.75, 3.05) is 21.3 Å². The lowest BCUT2D eigenvalue weighted by molar-refractivity contribution is 0.0598. The van der Waals surface area contributed by atoms with Crippen LogP contribution in [0.4, 0.5) is 0 Å². The van der Waals surface area contributed by atoms with Gasteiger partial charge in [-0.3, -0.25) is 0 Å². The fraction of sp³-hybridized carbons (Fsp3) is 0.478. The fourth-order valence-corrected chi connectivity index (χ4v) is 3.54. The third kappa shape index (κ3) is 5.70. The number of furan rings is 1. The summed E-state index contributed by atoms with van der Waals surface area (Å²) in [4.78, 5) is 12.0. The average molecular weight is 458 g/mol. The molecule has 1 unspecified atom stereocenters. The van der Waals surface area contributed by atoms with Crippen molar-refractivity contribution in [3.63, 3.8) is 0 Å². The molecular weight excluding hydrogens is 426 g/mol. The molecule has 0 saturated carbocycles. The molecule has 1 aromatic carbocycles. The second-order valence-electron chi connectivity index (χ2n) is 8.53. The first kappa shape index (κ1) is 24.2. The minimum Gasteiger partial charge on any atom is -0.493 e. The van der Waals surface area contributed by atoms with Crippen molar-refractivity contribution >= 4 is 5.97 Å². The van der Waals surface area contributed by atoms with E-state index in [9.17, 15) is 4.79 Å². The summed E-state index contributed by atoms with van der Waals surface area (Å²) in [5.74, 6) is 2.11. The summed E-state index contributed by atoms with van der Waals surface area (Å²) in [7, 11) is 4.57. The first-order valence-electron chi connectivity index (χ1n) is 10.7. The quantitative estimate of drug-likeness (QED) is 0.458.